The van der Waals surface area contributed by atoms with E-state index in [-0.39, 0.29) is 0 Å². The summed E-state index contributed by atoms with van der Waals surface area (Å²) in [5, 5.41) is 0. The van der Waals surface area contributed by atoms with Gasteiger partial charge in [-0.15, -0.1) is 0 Å². The Morgan fingerprint density at radius 2 is 1.55 bits per heavy atom. The average molecular weight is 264 g/mol. The summed E-state index contributed by atoms with van der Waals surface area (Å²) in [7, 11) is 0. The minimum atomic E-state index is 0.904. The van der Waals surface area contributed by atoms with E-state index in [2.05, 4.69) is 6.92 Å². The normalized spacial score (nSPS) is 8.00. The van der Waals surface area contributed by atoms with Gasteiger partial charge in [-0.25, -0.2) is 0 Å². The van der Waals surface area contributed by atoms with Crippen molar-refractivity contribution < 1.29 is 3.07 Å². The maximum absolute atomic E-state index is 4.94. The monoisotopic (exact) mass is 264 g/mol. The van der Waals surface area contributed by atoms with Crippen LogP contribution in [0.4, 0.5) is 0 Å². The third-order valence-corrected chi connectivity index (χ3v) is 1.62. The van der Waals surface area contributed by atoms with Crippen LogP contribution in [0.15, 0.2) is 24.3 Å². The molecular weight excluding hydrogens is 251 g/mol. The second-order valence-electron chi connectivity index (χ2n) is 1.89. The van der Waals surface area contributed by atoms with Crippen LogP contribution in [0.2, 0.25) is 0 Å². The first kappa shape index (κ1) is 10.8. The first-order valence-corrected chi connectivity index (χ1v) is 4.56. The molecule has 0 amide bonds. The van der Waals surface area contributed by atoms with Crippen LogP contribution < -0.4 is 3.07 Å². The first-order valence-electron chi connectivity index (χ1n) is 3.68. The first-order chi connectivity index (χ1) is 5.33. The minimum Gasteiger partial charge on any atom is -0.428 e. The molecule has 62 valence electrons. The maximum atomic E-state index is 4.94. The fourth-order valence-corrected chi connectivity index (χ4v) is 0.883. The molecule has 0 N–H and O–H groups in total. The molecular formula is C9H13IO. The number of aryl methyl sites for hydroxylation is 1. The van der Waals surface area contributed by atoms with Gasteiger partial charge in [0.2, 0.25) is 0 Å². The molecule has 0 unspecified atom stereocenters. The van der Waals surface area contributed by atoms with Gasteiger partial charge in [0.15, 0.2) is 23.0 Å². The van der Waals surface area contributed by atoms with Gasteiger partial charge in [-0.3, -0.25) is 0 Å². The van der Waals surface area contributed by atoms with Crippen molar-refractivity contribution in [2.24, 2.45) is 0 Å². The van der Waals surface area contributed by atoms with E-state index >= 15 is 0 Å². The van der Waals surface area contributed by atoms with E-state index in [4.69, 9.17) is 3.07 Å². The Bertz CT molecular complexity index is 181. The number of hydrogen-bond acceptors (Lipinski definition) is 1. The SMILES string of the molecule is CC.Cc1ccc(OI)cc1. The van der Waals surface area contributed by atoms with Gasteiger partial charge in [0.05, 0.1) is 0 Å². The zero-order valence-electron chi connectivity index (χ0n) is 7.10. The van der Waals surface area contributed by atoms with Crippen molar-refractivity contribution in [1.82, 2.24) is 0 Å². The summed E-state index contributed by atoms with van der Waals surface area (Å²) < 4.78 is 4.94. The largest absolute Gasteiger partial charge is 0.428 e. The van der Waals surface area contributed by atoms with Crippen molar-refractivity contribution >= 4 is 23.0 Å². The Hall–Kier alpha value is -0.250. The molecule has 1 aromatic carbocycles. The van der Waals surface area contributed by atoms with Gasteiger partial charge >= 0.3 is 0 Å². The van der Waals surface area contributed by atoms with Gasteiger partial charge in [-0.2, -0.15) is 0 Å². The van der Waals surface area contributed by atoms with Crippen LogP contribution in [0.1, 0.15) is 19.4 Å². The summed E-state index contributed by atoms with van der Waals surface area (Å²) >= 11 is 1.87. The van der Waals surface area contributed by atoms with Gasteiger partial charge < -0.3 is 3.07 Å². The molecule has 0 saturated heterocycles. The topological polar surface area (TPSA) is 9.23 Å². The second kappa shape index (κ2) is 6.46. The zero-order chi connectivity index (χ0) is 8.69. The molecule has 0 heterocycles. The van der Waals surface area contributed by atoms with Gasteiger partial charge in [-0.1, -0.05) is 31.5 Å². The number of rotatable bonds is 1. The van der Waals surface area contributed by atoms with E-state index < -0.39 is 0 Å². The lowest BCUT2D eigenvalue weighted by molar-refractivity contribution is 0.716. The summed E-state index contributed by atoms with van der Waals surface area (Å²) in [5.41, 5.74) is 1.26. The highest BCUT2D eigenvalue weighted by Gasteiger charge is 1.86. The third-order valence-electron chi connectivity index (χ3n) is 1.11. The molecule has 0 aromatic heterocycles. The van der Waals surface area contributed by atoms with Crippen LogP contribution in [-0.4, -0.2) is 0 Å². The molecule has 0 aliphatic heterocycles. The predicted octanol–water partition coefficient (Wildman–Crippen LogP) is 3.75. The minimum absolute atomic E-state index is 0.904. The summed E-state index contributed by atoms with van der Waals surface area (Å²) in [4.78, 5) is 0. The maximum Gasteiger partial charge on any atom is 0.192 e. The lowest BCUT2D eigenvalue weighted by Crippen LogP contribution is -1.73. The van der Waals surface area contributed by atoms with Crippen LogP contribution in [0, 0.1) is 6.92 Å². The standard InChI is InChI=1S/C7H7IO.C2H6/c1-6-2-4-7(9-8)5-3-6;1-2/h2-5H,1H3;1-2H3. The fourth-order valence-electron chi connectivity index (χ4n) is 0.590. The molecule has 0 aliphatic carbocycles. The molecule has 2 heteroatoms. The molecule has 0 atom stereocenters. The highest BCUT2D eigenvalue weighted by atomic mass is 127. The molecule has 0 bridgehead atoms. The smallest absolute Gasteiger partial charge is 0.192 e. The fraction of sp³-hybridized carbons (Fsp3) is 0.333. The van der Waals surface area contributed by atoms with Crippen LogP contribution in [0.25, 0.3) is 0 Å². The molecule has 0 fully saturated rings. The van der Waals surface area contributed by atoms with Gasteiger partial charge in [0.25, 0.3) is 0 Å². The van der Waals surface area contributed by atoms with Crippen molar-refractivity contribution in [2.75, 3.05) is 0 Å². The number of halogens is 1. The molecule has 11 heavy (non-hydrogen) atoms. The van der Waals surface area contributed by atoms with Gasteiger partial charge in [-0.05, 0) is 19.1 Å². The highest BCUT2D eigenvalue weighted by molar-refractivity contribution is 14.1. The van der Waals surface area contributed by atoms with E-state index in [9.17, 15) is 0 Å². The van der Waals surface area contributed by atoms with Crippen LogP contribution in [0.3, 0.4) is 0 Å². The molecule has 1 nitrogen and oxygen atoms in total. The van der Waals surface area contributed by atoms with Gasteiger partial charge in [0, 0.05) is 0 Å². The Kier molecular flexibility index (Phi) is 6.31. The van der Waals surface area contributed by atoms with Crippen molar-refractivity contribution in [3.8, 4) is 5.75 Å². The van der Waals surface area contributed by atoms with E-state index in [1.54, 1.807) is 0 Å². The van der Waals surface area contributed by atoms with E-state index in [1.165, 1.54) is 5.56 Å². The molecule has 0 spiro atoms. The van der Waals surface area contributed by atoms with Crippen molar-refractivity contribution in [3.05, 3.63) is 29.8 Å². The average Bonchev–Trinajstić information content (AvgIpc) is 2.10. The van der Waals surface area contributed by atoms with Crippen LogP contribution >= 0.6 is 23.0 Å². The summed E-state index contributed by atoms with van der Waals surface area (Å²) in [6.07, 6.45) is 0. The van der Waals surface area contributed by atoms with Crippen molar-refractivity contribution in [2.45, 2.75) is 20.8 Å². The van der Waals surface area contributed by atoms with E-state index in [0.29, 0.717) is 0 Å². The Morgan fingerprint density at radius 1 is 1.09 bits per heavy atom. The summed E-state index contributed by atoms with van der Waals surface area (Å²) in [6, 6.07) is 7.94. The van der Waals surface area contributed by atoms with E-state index in [0.717, 1.165) is 5.75 Å². The molecule has 0 radical (unpaired) electrons. The van der Waals surface area contributed by atoms with Crippen LogP contribution in [-0.2, 0) is 0 Å². The molecule has 0 saturated carbocycles. The third kappa shape index (κ3) is 4.24. The van der Waals surface area contributed by atoms with Crippen molar-refractivity contribution in [3.63, 3.8) is 0 Å². The molecule has 0 aliphatic rings. The zero-order valence-corrected chi connectivity index (χ0v) is 9.25. The van der Waals surface area contributed by atoms with E-state index in [1.807, 2.05) is 61.1 Å². The second-order valence-corrected chi connectivity index (χ2v) is 2.33. The van der Waals surface area contributed by atoms with Gasteiger partial charge in [0.1, 0.15) is 5.75 Å². The van der Waals surface area contributed by atoms with Crippen molar-refractivity contribution in [1.29, 1.82) is 0 Å². The molecule has 1 rings (SSSR count). The quantitative estimate of drug-likeness (QED) is 0.702. The Morgan fingerprint density at radius 3 is 1.91 bits per heavy atom. The molecule has 1 aromatic rings. The Labute approximate surface area is 82.5 Å². The Balaban J connectivity index is 0.000000461. The number of hydrogen-bond donors (Lipinski definition) is 0. The number of benzene rings is 1. The predicted molar refractivity (Wildman–Crippen MR) is 57.2 cm³/mol. The summed E-state index contributed by atoms with van der Waals surface area (Å²) in [6.45, 7) is 6.05. The summed E-state index contributed by atoms with van der Waals surface area (Å²) in [5.74, 6) is 0.904. The van der Waals surface area contributed by atoms with Crippen LogP contribution in [0.5, 0.6) is 5.75 Å². The highest BCUT2D eigenvalue weighted by Crippen LogP contribution is 2.12. The lowest BCUT2D eigenvalue weighted by Gasteiger charge is -1.94. The lowest BCUT2D eigenvalue weighted by atomic mass is 10.2.